The Balaban J connectivity index is 2.94. The normalized spacial score (nSPS) is 13.7. The van der Waals surface area contributed by atoms with Crippen LogP contribution >= 0.6 is 23.2 Å². The fraction of sp³-hybridized carbons (Fsp3) is 0.417. The minimum atomic E-state index is -1.10. The Hall–Kier alpha value is -1.33. The molecule has 2 N–H and O–H groups in total. The van der Waals surface area contributed by atoms with Crippen molar-refractivity contribution >= 4 is 35.1 Å². The number of amides is 1. The van der Waals surface area contributed by atoms with Crippen molar-refractivity contribution in [2.75, 3.05) is 0 Å². The van der Waals surface area contributed by atoms with Gasteiger partial charge >= 0.3 is 5.97 Å². The van der Waals surface area contributed by atoms with Gasteiger partial charge in [-0.2, -0.15) is 0 Å². The zero-order valence-corrected chi connectivity index (χ0v) is 12.0. The first-order valence-electron chi connectivity index (χ1n) is 5.72. The topological polar surface area (TPSA) is 79.3 Å². The zero-order chi connectivity index (χ0) is 14.6. The molecule has 1 rings (SSSR count). The van der Waals surface area contributed by atoms with Crippen LogP contribution in [0, 0.1) is 5.92 Å². The summed E-state index contributed by atoms with van der Waals surface area (Å²) in [6, 6.07) is 1.89. The second-order valence-electron chi connectivity index (χ2n) is 4.14. The van der Waals surface area contributed by atoms with Gasteiger partial charge in [0.1, 0.15) is 16.9 Å². The summed E-state index contributed by atoms with van der Waals surface area (Å²) < 4.78 is 0. The number of carboxylic acids is 1. The van der Waals surface area contributed by atoms with Crippen molar-refractivity contribution in [3.05, 3.63) is 28.0 Å². The van der Waals surface area contributed by atoms with E-state index in [9.17, 15) is 9.59 Å². The molecule has 104 valence electrons. The molecule has 5 nitrogen and oxygen atoms in total. The molecule has 0 saturated carbocycles. The molecule has 1 heterocycles. The Labute approximate surface area is 120 Å². The maximum absolute atomic E-state index is 12.0. The molecule has 0 unspecified atom stereocenters. The lowest BCUT2D eigenvalue weighted by molar-refractivity contribution is -0.140. The zero-order valence-electron chi connectivity index (χ0n) is 10.5. The van der Waals surface area contributed by atoms with E-state index in [1.807, 2.05) is 6.92 Å². The van der Waals surface area contributed by atoms with E-state index in [-0.39, 0.29) is 21.8 Å². The number of hydrogen-bond donors (Lipinski definition) is 2. The van der Waals surface area contributed by atoms with Gasteiger partial charge in [-0.15, -0.1) is 0 Å². The van der Waals surface area contributed by atoms with E-state index in [1.54, 1.807) is 6.92 Å². The molecule has 0 aromatic carbocycles. The maximum Gasteiger partial charge on any atom is 0.326 e. The first-order chi connectivity index (χ1) is 8.86. The van der Waals surface area contributed by atoms with Crippen LogP contribution in [-0.4, -0.2) is 28.0 Å². The highest BCUT2D eigenvalue weighted by Crippen LogP contribution is 2.17. The van der Waals surface area contributed by atoms with Crippen LogP contribution in [0.5, 0.6) is 0 Å². The molecule has 0 radical (unpaired) electrons. The van der Waals surface area contributed by atoms with Crippen LogP contribution in [0.3, 0.4) is 0 Å². The minimum Gasteiger partial charge on any atom is -0.480 e. The van der Waals surface area contributed by atoms with Gasteiger partial charge in [-0.3, -0.25) is 4.79 Å². The van der Waals surface area contributed by atoms with Crippen molar-refractivity contribution in [1.82, 2.24) is 10.3 Å². The van der Waals surface area contributed by atoms with Crippen molar-refractivity contribution in [2.45, 2.75) is 26.3 Å². The van der Waals surface area contributed by atoms with Gasteiger partial charge in [0, 0.05) is 0 Å². The number of carboxylic acid groups (broad SMARTS) is 1. The summed E-state index contributed by atoms with van der Waals surface area (Å²) in [5, 5.41) is 11.7. The van der Waals surface area contributed by atoms with Crippen molar-refractivity contribution in [3.8, 4) is 0 Å². The molecule has 0 aliphatic carbocycles. The summed E-state index contributed by atoms with van der Waals surface area (Å²) in [6.45, 7) is 3.59. The predicted molar refractivity (Wildman–Crippen MR) is 72.6 cm³/mol. The van der Waals surface area contributed by atoms with E-state index in [2.05, 4.69) is 10.3 Å². The second-order valence-corrected chi connectivity index (χ2v) is 4.93. The third kappa shape index (κ3) is 4.08. The molecular formula is C12H14Cl2N2O3. The standard InChI is InChI=1S/C12H14Cl2N2O3/c1-3-6(2)9(12(18)19)16-11(17)10-7(13)4-5-8(14)15-10/h4-6,9H,3H2,1-2H3,(H,16,17)(H,18,19)/t6-,9-/m0/s1. The predicted octanol–water partition coefficient (Wildman–Crippen LogP) is 2.62. The summed E-state index contributed by atoms with van der Waals surface area (Å²) in [5.74, 6) is -1.96. The van der Waals surface area contributed by atoms with Crippen LogP contribution < -0.4 is 5.32 Å². The van der Waals surface area contributed by atoms with Crippen LogP contribution in [0.15, 0.2) is 12.1 Å². The van der Waals surface area contributed by atoms with E-state index in [4.69, 9.17) is 28.3 Å². The van der Waals surface area contributed by atoms with E-state index < -0.39 is 17.9 Å². The molecule has 1 aromatic heterocycles. The smallest absolute Gasteiger partial charge is 0.326 e. The minimum absolute atomic E-state index is 0.0799. The Morgan fingerprint density at radius 2 is 2.05 bits per heavy atom. The Kier molecular flexibility index (Phi) is 5.57. The highest BCUT2D eigenvalue weighted by Gasteiger charge is 2.27. The van der Waals surface area contributed by atoms with Crippen LogP contribution in [0.4, 0.5) is 0 Å². The van der Waals surface area contributed by atoms with Gasteiger partial charge in [-0.1, -0.05) is 43.5 Å². The number of carbonyl (C=O) groups is 2. The average molecular weight is 305 g/mol. The van der Waals surface area contributed by atoms with E-state index in [1.165, 1.54) is 12.1 Å². The number of nitrogens with one attached hydrogen (secondary N) is 1. The van der Waals surface area contributed by atoms with Gasteiger partial charge in [-0.25, -0.2) is 9.78 Å². The summed E-state index contributed by atoms with van der Waals surface area (Å²) in [6.07, 6.45) is 0.619. The number of aromatic nitrogens is 1. The summed E-state index contributed by atoms with van der Waals surface area (Å²) in [7, 11) is 0. The molecule has 2 atom stereocenters. The van der Waals surface area contributed by atoms with E-state index in [0.717, 1.165) is 0 Å². The first kappa shape index (κ1) is 15.7. The van der Waals surface area contributed by atoms with E-state index >= 15 is 0 Å². The Bertz CT molecular complexity index is 494. The third-order valence-corrected chi connectivity index (χ3v) is 3.31. The lowest BCUT2D eigenvalue weighted by atomic mass is 9.99. The number of carbonyl (C=O) groups excluding carboxylic acids is 1. The first-order valence-corrected chi connectivity index (χ1v) is 6.48. The summed E-state index contributed by atoms with van der Waals surface area (Å²) in [4.78, 5) is 26.9. The molecular weight excluding hydrogens is 291 g/mol. The van der Waals surface area contributed by atoms with Crippen LogP contribution in [0.25, 0.3) is 0 Å². The number of hydrogen-bond acceptors (Lipinski definition) is 3. The van der Waals surface area contributed by atoms with Gasteiger partial charge in [-0.05, 0) is 18.1 Å². The molecule has 0 aliphatic rings. The van der Waals surface area contributed by atoms with Crippen molar-refractivity contribution in [3.63, 3.8) is 0 Å². The second kappa shape index (κ2) is 6.73. The molecule has 1 amide bonds. The van der Waals surface area contributed by atoms with E-state index in [0.29, 0.717) is 6.42 Å². The van der Waals surface area contributed by atoms with Crippen molar-refractivity contribution in [1.29, 1.82) is 0 Å². The van der Waals surface area contributed by atoms with Gasteiger partial charge in [0.15, 0.2) is 0 Å². The third-order valence-electron chi connectivity index (χ3n) is 2.79. The fourth-order valence-corrected chi connectivity index (χ4v) is 1.81. The monoisotopic (exact) mass is 304 g/mol. The molecule has 0 spiro atoms. The molecule has 19 heavy (non-hydrogen) atoms. The van der Waals surface area contributed by atoms with Crippen LogP contribution in [0.2, 0.25) is 10.2 Å². The molecule has 1 aromatic rings. The summed E-state index contributed by atoms with van der Waals surface area (Å²) in [5.41, 5.74) is -0.0799. The molecule has 0 bridgehead atoms. The number of halogens is 2. The van der Waals surface area contributed by atoms with Crippen LogP contribution in [-0.2, 0) is 4.79 Å². The number of nitrogens with zero attached hydrogens (tertiary/aromatic N) is 1. The van der Waals surface area contributed by atoms with Crippen molar-refractivity contribution < 1.29 is 14.7 Å². The SMILES string of the molecule is CC[C@H](C)[C@H](NC(=O)c1nc(Cl)ccc1Cl)C(=O)O. The average Bonchev–Trinajstić information content (AvgIpc) is 2.37. The quantitative estimate of drug-likeness (QED) is 0.820. The van der Waals surface area contributed by atoms with Crippen LogP contribution in [0.1, 0.15) is 30.8 Å². The highest BCUT2D eigenvalue weighted by molar-refractivity contribution is 6.34. The lowest BCUT2D eigenvalue weighted by Gasteiger charge is -2.20. The van der Waals surface area contributed by atoms with Gasteiger partial charge in [0.05, 0.1) is 5.02 Å². The fourth-order valence-electron chi connectivity index (χ4n) is 1.47. The Morgan fingerprint density at radius 3 is 2.58 bits per heavy atom. The number of pyridine rings is 1. The van der Waals surface area contributed by atoms with Gasteiger partial charge in [0.25, 0.3) is 5.91 Å². The number of aliphatic carboxylic acids is 1. The summed E-state index contributed by atoms with van der Waals surface area (Å²) >= 11 is 11.5. The molecule has 7 heteroatoms. The maximum atomic E-state index is 12.0. The molecule has 0 saturated heterocycles. The highest BCUT2D eigenvalue weighted by atomic mass is 35.5. The molecule has 0 fully saturated rings. The lowest BCUT2D eigenvalue weighted by Crippen LogP contribution is -2.45. The Morgan fingerprint density at radius 1 is 1.42 bits per heavy atom. The van der Waals surface area contributed by atoms with Gasteiger partial charge < -0.3 is 10.4 Å². The van der Waals surface area contributed by atoms with Gasteiger partial charge in [0.2, 0.25) is 0 Å². The number of rotatable bonds is 5. The van der Waals surface area contributed by atoms with Crippen molar-refractivity contribution in [2.24, 2.45) is 5.92 Å². The molecule has 0 aliphatic heterocycles. The largest absolute Gasteiger partial charge is 0.480 e.